The van der Waals surface area contributed by atoms with Crippen LogP contribution in [0.2, 0.25) is 5.02 Å². The van der Waals surface area contributed by atoms with Crippen LogP contribution in [0.15, 0.2) is 18.2 Å². The molecule has 0 radical (unpaired) electrons. The maximum Gasteiger partial charge on any atom is 0.307 e. The second kappa shape index (κ2) is 6.16. The van der Waals surface area contributed by atoms with Crippen molar-refractivity contribution >= 4 is 17.6 Å². The molecule has 84 valence electrons. The van der Waals surface area contributed by atoms with Crippen LogP contribution in [0.3, 0.4) is 0 Å². The van der Waals surface area contributed by atoms with Crippen molar-refractivity contribution in [2.75, 3.05) is 13.6 Å². The smallest absolute Gasteiger partial charge is 0.307 e. The van der Waals surface area contributed by atoms with E-state index in [0.717, 1.165) is 0 Å². The van der Waals surface area contributed by atoms with Crippen LogP contribution in [0.4, 0.5) is 0 Å². The second-order valence-corrected chi connectivity index (χ2v) is 3.64. The maximum absolute atomic E-state index is 10.7. The first-order chi connectivity index (χ1) is 7.63. The monoisotopic (exact) mass is 237 g/mol. The number of carboxylic acid groups (broad SMARTS) is 1. The number of nitrogens with one attached hydrogen (secondary N) is 1. The van der Waals surface area contributed by atoms with Gasteiger partial charge < -0.3 is 10.4 Å². The fraction of sp³-hybridized carbons (Fsp3) is 0.250. The van der Waals surface area contributed by atoms with Gasteiger partial charge in [-0.25, -0.2) is 0 Å². The predicted octanol–water partition coefficient (Wildman–Crippen LogP) is 1.54. The summed E-state index contributed by atoms with van der Waals surface area (Å²) in [7, 11) is 1.80. The zero-order valence-corrected chi connectivity index (χ0v) is 9.64. The molecule has 16 heavy (non-hydrogen) atoms. The molecule has 0 bridgehead atoms. The Bertz CT molecular complexity index is 446. The van der Waals surface area contributed by atoms with Gasteiger partial charge in [0.2, 0.25) is 0 Å². The molecule has 0 fully saturated rings. The van der Waals surface area contributed by atoms with E-state index in [1.54, 1.807) is 25.2 Å². The number of aliphatic carboxylic acids is 1. The normalized spacial score (nSPS) is 9.38. The molecule has 3 nitrogen and oxygen atoms in total. The van der Waals surface area contributed by atoms with Crippen LogP contribution >= 0.6 is 11.6 Å². The topological polar surface area (TPSA) is 49.3 Å². The molecule has 1 aromatic rings. The number of hydrogen-bond acceptors (Lipinski definition) is 2. The maximum atomic E-state index is 10.7. The lowest BCUT2D eigenvalue weighted by Gasteiger charge is -2.02. The van der Waals surface area contributed by atoms with E-state index in [9.17, 15) is 4.79 Å². The highest BCUT2D eigenvalue weighted by molar-refractivity contribution is 6.30. The molecule has 0 unspecified atom stereocenters. The standard InChI is InChI=1S/C12H12ClNO2/c1-14-6-2-3-9-4-5-11(13)7-10(9)8-12(15)16/h4-5,7,14H,6,8H2,1H3,(H,15,16). The Morgan fingerprint density at radius 1 is 1.56 bits per heavy atom. The Morgan fingerprint density at radius 3 is 2.94 bits per heavy atom. The fourth-order valence-electron chi connectivity index (χ4n) is 1.22. The molecule has 0 aliphatic carbocycles. The minimum atomic E-state index is -0.890. The quantitative estimate of drug-likeness (QED) is 0.784. The highest BCUT2D eigenvalue weighted by atomic mass is 35.5. The van der Waals surface area contributed by atoms with Gasteiger partial charge >= 0.3 is 5.97 Å². The van der Waals surface area contributed by atoms with Crippen LogP contribution in [-0.4, -0.2) is 24.7 Å². The minimum absolute atomic E-state index is 0.0654. The molecule has 0 atom stereocenters. The van der Waals surface area contributed by atoms with Gasteiger partial charge in [0, 0.05) is 10.6 Å². The first kappa shape index (κ1) is 12.6. The molecule has 0 saturated heterocycles. The second-order valence-electron chi connectivity index (χ2n) is 3.20. The summed E-state index contributed by atoms with van der Waals surface area (Å²) in [5, 5.41) is 12.2. The largest absolute Gasteiger partial charge is 0.481 e. The van der Waals surface area contributed by atoms with E-state index in [4.69, 9.17) is 16.7 Å². The molecule has 0 amide bonds. The van der Waals surface area contributed by atoms with Gasteiger partial charge in [-0.05, 0) is 30.8 Å². The average molecular weight is 238 g/mol. The van der Waals surface area contributed by atoms with Crippen molar-refractivity contribution < 1.29 is 9.90 Å². The van der Waals surface area contributed by atoms with Crippen molar-refractivity contribution in [3.05, 3.63) is 34.3 Å². The summed E-state index contributed by atoms with van der Waals surface area (Å²) in [6.45, 7) is 0.565. The van der Waals surface area contributed by atoms with Crippen molar-refractivity contribution in [2.45, 2.75) is 6.42 Å². The van der Waals surface area contributed by atoms with Crippen molar-refractivity contribution in [2.24, 2.45) is 0 Å². The highest BCUT2D eigenvalue weighted by Gasteiger charge is 2.05. The summed E-state index contributed by atoms with van der Waals surface area (Å²) in [5.41, 5.74) is 1.35. The molecular weight excluding hydrogens is 226 g/mol. The van der Waals surface area contributed by atoms with Gasteiger partial charge in [-0.15, -0.1) is 0 Å². The summed E-state index contributed by atoms with van der Waals surface area (Å²) in [6.07, 6.45) is -0.0654. The lowest BCUT2D eigenvalue weighted by molar-refractivity contribution is -0.136. The van der Waals surface area contributed by atoms with Crippen molar-refractivity contribution in [1.82, 2.24) is 5.32 Å². The van der Waals surface area contributed by atoms with Gasteiger partial charge in [0.25, 0.3) is 0 Å². The van der Waals surface area contributed by atoms with Crippen molar-refractivity contribution in [3.63, 3.8) is 0 Å². The molecule has 0 aliphatic heterocycles. The summed E-state index contributed by atoms with van der Waals surface area (Å²) < 4.78 is 0. The molecule has 0 spiro atoms. The number of halogens is 1. The Balaban J connectivity index is 2.99. The number of benzene rings is 1. The lowest BCUT2D eigenvalue weighted by Crippen LogP contribution is -2.05. The van der Waals surface area contributed by atoms with Crippen LogP contribution < -0.4 is 5.32 Å². The molecule has 0 aliphatic rings. The van der Waals surface area contributed by atoms with Crippen molar-refractivity contribution in [1.29, 1.82) is 0 Å². The van der Waals surface area contributed by atoms with Crippen LogP contribution in [0.1, 0.15) is 11.1 Å². The van der Waals surface area contributed by atoms with Crippen LogP contribution in [0, 0.1) is 11.8 Å². The number of carbonyl (C=O) groups is 1. The van der Waals surface area contributed by atoms with E-state index >= 15 is 0 Å². The van der Waals surface area contributed by atoms with Crippen LogP contribution in [0.5, 0.6) is 0 Å². The summed E-state index contributed by atoms with van der Waals surface area (Å²) in [5.74, 6) is 4.91. The van der Waals surface area contributed by atoms with E-state index in [1.807, 2.05) is 0 Å². The van der Waals surface area contributed by atoms with Gasteiger partial charge in [0.05, 0.1) is 13.0 Å². The Hall–Kier alpha value is -1.50. The molecular formula is C12H12ClNO2. The lowest BCUT2D eigenvalue weighted by atomic mass is 10.1. The molecule has 2 N–H and O–H groups in total. The number of rotatable bonds is 3. The number of hydrogen-bond donors (Lipinski definition) is 2. The summed E-state index contributed by atoms with van der Waals surface area (Å²) in [6, 6.07) is 5.08. The Labute approximate surface area is 99.4 Å². The molecule has 0 aromatic heterocycles. The number of carboxylic acids is 1. The predicted molar refractivity (Wildman–Crippen MR) is 63.6 cm³/mol. The summed E-state index contributed by atoms with van der Waals surface area (Å²) in [4.78, 5) is 10.7. The van der Waals surface area contributed by atoms with Crippen LogP contribution in [-0.2, 0) is 11.2 Å². The van der Waals surface area contributed by atoms with Gasteiger partial charge in [0.15, 0.2) is 0 Å². The van der Waals surface area contributed by atoms with E-state index in [2.05, 4.69) is 17.2 Å². The molecule has 4 heteroatoms. The van der Waals surface area contributed by atoms with E-state index < -0.39 is 5.97 Å². The van der Waals surface area contributed by atoms with Crippen molar-refractivity contribution in [3.8, 4) is 11.8 Å². The molecule has 0 saturated carbocycles. The van der Waals surface area contributed by atoms with E-state index in [1.165, 1.54) is 0 Å². The zero-order valence-electron chi connectivity index (χ0n) is 8.88. The molecule has 1 rings (SSSR count). The SMILES string of the molecule is CNCC#Cc1ccc(Cl)cc1CC(=O)O. The van der Waals surface area contributed by atoms with Gasteiger partial charge in [-0.2, -0.15) is 0 Å². The molecule has 1 aromatic carbocycles. The van der Waals surface area contributed by atoms with E-state index in [0.29, 0.717) is 22.7 Å². The third-order valence-corrected chi connectivity index (χ3v) is 2.13. The van der Waals surface area contributed by atoms with Gasteiger partial charge in [-0.1, -0.05) is 23.4 Å². The first-order valence-corrected chi connectivity index (χ1v) is 5.15. The highest BCUT2D eigenvalue weighted by Crippen LogP contribution is 2.16. The Morgan fingerprint density at radius 2 is 2.31 bits per heavy atom. The van der Waals surface area contributed by atoms with Crippen LogP contribution in [0.25, 0.3) is 0 Å². The third kappa shape index (κ3) is 3.93. The Kier molecular flexibility index (Phi) is 4.84. The fourth-order valence-corrected chi connectivity index (χ4v) is 1.42. The van der Waals surface area contributed by atoms with Gasteiger partial charge in [0.1, 0.15) is 0 Å². The zero-order chi connectivity index (χ0) is 12.0. The summed E-state index contributed by atoms with van der Waals surface area (Å²) >= 11 is 5.81. The third-order valence-electron chi connectivity index (χ3n) is 1.90. The van der Waals surface area contributed by atoms with E-state index in [-0.39, 0.29) is 6.42 Å². The first-order valence-electron chi connectivity index (χ1n) is 4.77. The minimum Gasteiger partial charge on any atom is -0.481 e. The van der Waals surface area contributed by atoms with Gasteiger partial charge in [-0.3, -0.25) is 4.79 Å². The average Bonchev–Trinajstić information content (AvgIpc) is 2.20. The molecule has 0 heterocycles.